The van der Waals surface area contributed by atoms with Crippen LogP contribution < -0.4 is 0 Å². The van der Waals surface area contributed by atoms with Crippen molar-refractivity contribution in [3.63, 3.8) is 0 Å². The van der Waals surface area contributed by atoms with Crippen molar-refractivity contribution in [1.29, 1.82) is 0 Å². The van der Waals surface area contributed by atoms with E-state index in [2.05, 4.69) is 124 Å². The zero-order valence-electron chi connectivity index (χ0n) is 32.6. The summed E-state index contributed by atoms with van der Waals surface area (Å²) in [7, 11) is 0. The largest absolute Gasteiger partial charge is 0.456 e. The highest BCUT2D eigenvalue weighted by atomic mass is 32.1. The van der Waals surface area contributed by atoms with Gasteiger partial charge in [0.05, 0.1) is 33.3 Å². The molecule has 9 aromatic carbocycles. The van der Waals surface area contributed by atoms with Gasteiger partial charge in [0.2, 0.25) is 0 Å². The number of aromatic nitrogens is 5. The van der Waals surface area contributed by atoms with Crippen LogP contribution in [-0.2, 0) is 0 Å². The van der Waals surface area contributed by atoms with Crippen LogP contribution in [0.25, 0.3) is 153 Å². The minimum atomic E-state index is 0.602. The number of para-hydroxylation sites is 2. The Morgan fingerprint density at radius 3 is 1.85 bits per heavy atom. The van der Waals surface area contributed by atoms with Crippen LogP contribution in [0, 0.1) is 0 Å². The summed E-state index contributed by atoms with van der Waals surface area (Å²) in [5, 5.41) is 14.9. The maximum atomic E-state index is 6.32. The molecule has 16 rings (SSSR count). The maximum Gasteiger partial charge on any atom is 0.164 e. The third kappa shape index (κ3) is 3.72. The Labute approximate surface area is 354 Å². The molecule has 0 aliphatic rings. The van der Waals surface area contributed by atoms with Gasteiger partial charge in [0.1, 0.15) is 11.2 Å². The maximum absolute atomic E-state index is 6.32. The average molecular weight is 806 g/mol. The van der Waals surface area contributed by atoms with E-state index >= 15 is 0 Å². The number of hydrogen-bond acceptors (Lipinski definition) is 5. The van der Waals surface area contributed by atoms with Crippen molar-refractivity contribution in [2.75, 3.05) is 0 Å². The van der Waals surface area contributed by atoms with Gasteiger partial charge in [-0.05, 0) is 53.9 Å². The zero-order chi connectivity index (χ0) is 39.9. The first-order chi connectivity index (χ1) is 30.8. The van der Waals surface area contributed by atoms with Crippen molar-refractivity contribution < 1.29 is 4.42 Å². The average Bonchev–Trinajstić information content (AvgIpc) is 4.12. The summed E-state index contributed by atoms with van der Waals surface area (Å²) in [4.78, 5) is 15.7. The van der Waals surface area contributed by atoms with Crippen molar-refractivity contribution in [3.05, 3.63) is 164 Å². The minimum Gasteiger partial charge on any atom is -0.456 e. The molecule has 7 heteroatoms. The Balaban J connectivity index is 0.995. The minimum absolute atomic E-state index is 0.602. The molecule has 0 spiro atoms. The first kappa shape index (κ1) is 31.7. The van der Waals surface area contributed by atoms with E-state index in [1.165, 1.54) is 80.1 Å². The SMILES string of the molecule is c1ccc(-c2nc(-c3ccc(-n4c5ccc6sc7ccc8c9cccc%10c%11ccc4c4c5c6c7c8n(c9%10)c%114)c4ccccc34)nc(-c3cccc4oc5ccccc5c34)n2)cc1. The first-order valence-electron chi connectivity index (χ1n) is 20.9. The number of hydrogen-bond donors (Lipinski definition) is 0. The predicted octanol–water partition coefficient (Wildman–Crippen LogP) is 14.9. The molecule has 0 N–H and O–H groups in total. The highest BCUT2D eigenvalue weighted by Crippen LogP contribution is 2.53. The number of fused-ring (bicyclic) bond motifs is 6. The smallest absolute Gasteiger partial charge is 0.164 e. The number of nitrogens with zero attached hydrogens (tertiary/aromatic N) is 5. The highest BCUT2D eigenvalue weighted by molar-refractivity contribution is 7.26. The zero-order valence-corrected chi connectivity index (χ0v) is 33.5. The lowest BCUT2D eigenvalue weighted by Crippen LogP contribution is -2.02. The van der Waals surface area contributed by atoms with E-state index in [0.29, 0.717) is 17.5 Å². The molecule has 284 valence electrons. The standard InChI is InChI=1S/C55H27N5OS/c1-2-10-28(11-3-1)53-56-54(58-55(57-53)37-17-9-19-42-45(37)36-14-6-7-18-41(36)61-42)35-21-23-38(30-13-5-4-12-29(30)35)59-39-25-27-43-48-46(39)47-40(59)24-20-33-31-15-8-16-32-34-22-26-44(62-43)49(48)52(34)60(50(31)32)51(33)47/h1-27H. The normalized spacial score (nSPS) is 12.8. The van der Waals surface area contributed by atoms with Crippen LogP contribution >= 0.6 is 11.3 Å². The van der Waals surface area contributed by atoms with Gasteiger partial charge in [-0.3, -0.25) is 0 Å². The molecule has 0 aliphatic carbocycles. The lowest BCUT2D eigenvalue weighted by atomic mass is 10.0. The Morgan fingerprint density at radius 2 is 0.984 bits per heavy atom. The van der Waals surface area contributed by atoms with Gasteiger partial charge >= 0.3 is 0 Å². The third-order valence-corrected chi connectivity index (χ3v) is 14.7. The van der Waals surface area contributed by atoms with E-state index in [1.807, 2.05) is 59.9 Å². The second kappa shape index (κ2) is 11.0. The van der Waals surface area contributed by atoms with Gasteiger partial charge in [0, 0.05) is 85.3 Å². The number of benzene rings is 9. The molecule has 62 heavy (non-hydrogen) atoms. The summed E-state index contributed by atoms with van der Waals surface area (Å²) >= 11 is 1.91. The molecule has 0 unspecified atom stereocenters. The number of rotatable bonds is 4. The molecule has 6 nitrogen and oxygen atoms in total. The van der Waals surface area contributed by atoms with Gasteiger partial charge < -0.3 is 13.4 Å². The van der Waals surface area contributed by atoms with Crippen LogP contribution in [0.15, 0.2) is 168 Å². The summed E-state index contributed by atoms with van der Waals surface area (Å²) in [5.41, 5.74) is 11.9. The lowest BCUT2D eigenvalue weighted by molar-refractivity contribution is 0.669. The molecule has 0 saturated carbocycles. The predicted molar refractivity (Wildman–Crippen MR) is 256 cm³/mol. The van der Waals surface area contributed by atoms with Crippen molar-refractivity contribution in [3.8, 4) is 39.9 Å². The van der Waals surface area contributed by atoms with Gasteiger partial charge in [-0.15, -0.1) is 11.3 Å². The first-order valence-corrected chi connectivity index (χ1v) is 21.8. The molecule has 7 aromatic heterocycles. The van der Waals surface area contributed by atoms with Crippen LogP contribution in [-0.4, -0.2) is 23.9 Å². The topological polar surface area (TPSA) is 61.2 Å². The van der Waals surface area contributed by atoms with Gasteiger partial charge in [-0.25, -0.2) is 15.0 Å². The third-order valence-electron chi connectivity index (χ3n) is 13.6. The summed E-state index contributed by atoms with van der Waals surface area (Å²) in [6.45, 7) is 0. The monoisotopic (exact) mass is 805 g/mol. The van der Waals surface area contributed by atoms with Crippen molar-refractivity contribution >= 4 is 124 Å². The van der Waals surface area contributed by atoms with Crippen LogP contribution in [0.1, 0.15) is 0 Å². The van der Waals surface area contributed by atoms with Gasteiger partial charge in [0.15, 0.2) is 17.5 Å². The van der Waals surface area contributed by atoms with Crippen LogP contribution in [0.3, 0.4) is 0 Å². The summed E-state index contributed by atoms with van der Waals surface area (Å²) < 4.78 is 14.1. The van der Waals surface area contributed by atoms with Crippen molar-refractivity contribution in [2.24, 2.45) is 0 Å². The van der Waals surface area contributed by atoms with Crippen LogP contribution in [0.2, 0.25) is 0 Å². The van der Waals surface area contributed by atoms with Gasteiger partial charge in [0.25, 0.3) is 0 Å². The Bertz CT molecular complexity index is 4510. The number of furan rings is 1. The van der Waals surface area contributed by atoms with Crippen molar-refractivity contribution in [1.82, 2.24) is 23.9 Å². The second-order valence-electron chi connectivity index (χ2n) is 16.6. The Hall–Kier alpha value is -8.13. The molecule has 0 radical (unpaired) electrons. The fourth-order valence-corrected chi connectivity index (χ4v) is 12.3. The molecule has 0 fully saturated rings. The highest BCUT2D eigenvalue weighted by Gasteiger charge is 2.29. The molecular weight excluding hydrogens is 779 g/mol. The molecule has 16 aromatic rings. The fourth-order valence-electron chi connectivity index (χ4n) is 11.2. The summed E-state index contributed by atoms with van der Waals surface area (Å²) in [6.07, 6.45) is 0. The number of thiophene rings is 1. The van der Waals surface area contributed by atoms with Gasteiger partial charge in [-0.2, -0.15) is 0 Å². The second-order valence-corrected chi connectivity index (χ2v) is 17.7. The Kier molecular flexibility index (Phi) is 5.62. The van der Waals surface area contributed by atoms with E-state index in [-0.39, 0.29) is 0 Å². The van der Waals surface area contributed by atoms with Crippen LogP contribution in [0.5, 0.6) is 0 Å². The molecule has 0 bridgehead atoms. The molecular formula is C55H27N5OS. The molecule has 0 atom stereocenters. The molecule has 0 amide bonds. The molecule has 0 saturated heterocycles. The Morgan fingerprint density at radius 1 is 0.371 bits per heavy atom. The van der Waals surface area contributed by atoms with Gasteiger partial charge in [-0.1, -0.05) is 115 Å². The van der Waals surface area contributed by atoms with E-state index in [4.69, 9.17) is 19.4 Å². The quantitative estimate of drug-likeness (QED) is 0.178. The van der Waals surface area contributed by atoms with Crippen molar-refractivity contribution in [2.45, 2.75) is 0 Å². The lowest BCUT2D eigenvalue weighted by Gasteiger charge is -2.15. The van der Waals surface area contributed by atoms with E-state index in [1.54, 1.807) is 0 Å². The molecule has 0 aliphatic heterocycles. The van der Waals surface area contributed by atoms with E-state index in [0.717, 1.165) is 55.1 Å². The van der Waals surface area contributed by atoms with Crippen LogP contribution in [0.4, 0.5) is 0 Å². The molecule has 7 heterocycles. The summed E-state index contributed by atoms with van der Waals surface area (Å²) in [6, 6.07) is 58.6. The van der Waals surface area contributed by atoms with E-state index in [9.17, 15) is 0 Å². The summed E-state index contributed by atoms with van der Waals surface area (Å²) in [5.74, 6) is 1.84. The fraction of sp³-hybridized carbons (Fsp3) is 0. The van der Waals surface area contributed by atoms with E-state index < -0.39 is 0 Å².